The molecule has 0 fully saturated rings. The number of allylic oxidation sites excluding steroid dienone is 2. The summed E-state index contributed by atoms with van der Waals surface area (Å²) in [5.74, 6) is 0. The zero-order valence-electron chi connectivity index (χ0n) is 14.2. The van der Waals surface area contributed by atoms with Crippen LogP contribution in [-0.2, 0) is 12.8 Å². The van der Waals surface area contributed by atoms with E-state index in [2.05, 4.69) is 68.1 Å². The van der Waals surface area contributed by atoms with Crippen molar-refractivity contribution in [1.29, 1.82) is 0 Å². The maximum atomic E-state index is 3.45. The molecule has 1 radical (unpaired) electrons. The Bertz CT molecular complexity index is 1090. The molecule has 0 unspecified atom stereocenters. The summed E-state index contributed by atoms with van der Waals surface area (Å²) in [4.78, 5) is 0. The van der Waals surface area contributed by atoms with Gasteiger partial charge in [0.1, 0.15) is 7.05 Å². The summed E-state index contributed by atoms with van der Waals surface area (Å²) in [7, 11) is 2.13. The van der Waals surface area contributed by atoms with E-state index in [1.807, 2.05) is 0 Å². The average Bonchev–Trinajstić information content (AvgIpc) is 3.08. The van der Waals surface area contributed by atoms with Crippen LogP contribution >= 0.6 is 0 Å². The molecule has 0 bridgehead atoms. The number of nitrogens with zero attached hydrogens (tertiary/aromatic N) is 1. The van der Waals surface area contributed by atoms with Crippen molar-refractivity contribution in [3.05, 3.63) is 58.7 Å². The van der Waals surface area contributed by atoms with Crippen molar-refractivity contribution >= 4 is 39.0 Å². The zero-order chi connectivity index (χ0) is 15.7. The van der Waals surface area contributed by atoms with Gasteiger partial charge in [0, 0.05) is 6.21 Å². The van der Waals surface area contributed by atoms with E-state index in [9.17, 15) is 0 Å². The molecule has 0 saturated carbocycles. The van der Waals surface area contributed by atoms with Crippen molar-refractivity contribution in [3.8, 4) is 0 Å². The predicted octanol–water partition coefficient (Wildman–Crippen LogP) is 5.12. The number of hydrogen-bond donors (Lipinski definition) is 0. The molecule has 1 aliphatic carbocycles. The Kier molecular flexibility index (Phi) is 2.69. The predicted molar refractivity (Wildman–Crippen MR) is 98.0 cm³/mol. The molecule has 2 heteroatoms. The van der Waals surface area contributed by atoms with Crippen molar-refractivity contribution in [2.75, 3.05) is 7.05 Å². The second kappa shape index (κ2) is 4.55. The molecular weight excluding hydrogens is 525 g/mol. The van der Waals surface area contributed by atoms with Crippen LogP contribution in [0.2, 0.25) is 0 Å². The Balaban J connectivity index is 0.00000146. The number of hydrogen-bond acceptors (Lipinski definition) is 0. The fourth-order valence-corrected chi connectivity index (χ4v) is 4.32. The quantitative estimate of drug-likeness (QED) is 0.210. The van der Waals surface area contributed by atoms with Gasteiger partial charge in [-0.3, -0.25) is 0 Å². The second-order valence-electron chi connectivity index (χ2n) is 6.91. The van der Waals surface area contributed by atoms with E-state index in [1.165, 1.54) is 55.1 Å². The van der Waals surface area contributed by atoms with Gasteiger partial charge in [0.05, 0.1) is 5.69 Å². The summed E-state index contributed by atoms with van der Waals surface area (Å²) in [6.45, 7) is 4.55. The Morgan fingerprint density at radius 2 is 1.50 bits per heavy atom. The molecule has 3 aromatic carbocycles. The summed E-state index contributed by atoms with van der Waals surface area (Å²) in [5.41, 5.74) is 8.65. The second-order valence-corrected chi connectivity index (χ2v) is 6.91. The van der Waals surface area contributed by atoms with E-state index in [1.54, 1.807) is 0 Å². The topological polar surface area (TPSA) is 3.01 Å². The molecule has 1 aliphatic heterocycles. The molecule has 121 valence electrons. The van der Waals surface area contributed by atoms with Crippen LogP contribution in [0.1, 0.15) is 30.5 Å². The normalized spacial score (nSPS) is 15.5. The zero-order valence-corrected chi connectivity index (χ0v) is 16.9. The molecule has 0 N–H and O–H groups in total. The summed E-state index contributed by atoms with van der Waals surface area (Å²) >= 11 is 0. The van der Waals surface area contributed by atoms with Crippen LogP contribution in [0.25, 0.3) is 27.1 Å². The van der Waals surface area contributed by atoms with Crippen LogP contribution in [0.4, 0.5) is 5.69 Å². The molecular formula is C22H19BkN. The summed E-state index contributed by atoms with van der Waals surface area (Å²) in [5, 5.41) is 5.51. The third-order valence-electron chi connectivity index (χ3n) is 5.62. The summed E-state index contributed by atoms with van der Waals surface area (Å²) in [6, 6.07) is 13.7. The Morgan fingerprint density at radius 3 is 2.25 bits per heavy atom. The first-order valence-corrected chi connectivity index (χ1v) is 8.29. The SMILES string of the molecule is CC1=C(C)c2c(ccc3ccc4ccc5c(c4c23)[N+](C)=[C-]C5)C1.[Bk]. The maximum absolute atomic E-state index is 3.45. The van der Waals surface area contributed by atoms with Crippen LogP contribution < -0.4 is 0 Å². The standard InChI is InChI=1S/C22H19N.Bk/c1-13-12-18-9-7-15-4-5-16-6-8-17-10-11-23(3)22(17)21(16)20(15)19(18)14(13)2;/h4-9H,10,12H2,1-3H3;. The van der Waals surface area contributed by atoms with Crippen LogP contribution in [0.3, 0.4) is 0 Å². The molecule has 1 nitrogen and oxygen atoms in total. The van der Waals surface area contributed by atoms with Gasteiger partial charge in [0.15, 0.2) is 0 Å². The Morgan fingerprint density at radius 1 is 0.875 bits per heavy atom. The molecule has 1 heterocycles. The van der Waals surface area contributed by atoms with Crippen molar-refractivity contribution in [1.82, 2.24) is 0 Å². The van der Waals surface area contributed by atoms with Crippen molar-refractivity contribution in [2.24, 2.45) is 0 Å². The fourth-order valence-electron chi connectivity index (χ4n) is 4.32. The molecule has 0 atom stereocenters. The van der Waals surface area contributed by atoms with Crippen molar-refractivity contribution in [3.63, 3.8) is 0 Å². The average molecular weight is 544 g/mol. The van der Waals surface area contributed by atoms with Gasteiger partial charge >= 0.3 is 0 Å². The monoisotopic (exact) mass is 544 g/mol. The van der Waals surface area contributed by atoms with Gasteiger partial charge in [0.2, 0.25) is 0 Å². The smallest absolute Gasteiger partial charge is 0.105 e. The summed E-state index contributed by atoms with van der Waals surface area (Å²) in [6.07, 6.45) is 5.46. The van der Waals surface area contributed by atoms with Crippen LogP contribution in [0, 0.1) is 0 Å². The van der Waals surface area contributed by atoms with Gasteiger partial charge in [-0.2, -0.15) is 0 Å². The molecule has 0 aromatic heterocycles. The fraction of sp³-hybridized carbons (Fsp3) is 0.227. The largest absolute Gasteiger partial charge is 0.366 e. The number of fused-ring (bicyclic) bond motifs is 7. The third-order valence-corrected chi connectivity index (χ3v) is 5.62. The molecule has 0 saturated heterocycles. The van der Waals surface area contributed by atoms with E-state index in [0.717, 1.165) is 12.8 Å². The van der Waals surface area contributed by atoms with Gasteiger partial charge in [-0.25, -0.2) is 0 Å². The molecule has 2 aliphatic rings. The Labute approximate surface area is 136 Å². The van der Waals surface area contributed by atoms with Crippen molar-refractivity contribution < 1.29 is 4.58 Å². The van der Waals surface area contributed by atoms with E-state index in [4.69, 9.17) is 0 Å². The summed E-state index contributed by atoms with van der Waals surface area (Å²) < 4.78 is 2.19. The molecule has 3 aromatic rings. The van der Waals surface area contributed by atoms with E-state index in [-0.39, 0.29) is 0 Å². The maximum Gasteiger partial charge on any atom is 0.105 e. The van der Waals surface area contributed by atoms with E-state index < -0.39 is 0 Å². The first kappa shape index (κ1) is 14.2. The minimum absolute atomic E-state index is 0. The molecule has 0 amide bonds. The molecule has 5 rings (SSSR count). The van der Waals surface area contributed by atoms with Gasteiger partial charge in [0.25, 0.3) is 0 Å². The first-order chi connectivity index (χ1) is 11.1. The minimum atomic E-state index is 0. The van der Waals surface area contributed by atoms with E-state index >= 15 is 0 Å². The minimum Gasteiger partial charge on any atom is -0.366 e. The van der Waals surface area contributed by atoms with Crippen LogP contribution in [0.15, 0.2) is 42.0 Å². The Hall–Kier alpha value is -3.41. The molecule has 24 heavy (non-hydrogen) atoms. The first-order valence-electron chi connectivity index (χ1n) is 8.29. The van der Waals surface area contributed by atoms with Gasteiger partial charge < -0.3 is 4.58 Å². The molecule has 0 spiro atoms. The number of rotatable bonds is 0. The van der Waals surface area contributed by atoms with Gasteiger partial charge in [-0.15, -0.1) is 0 Å². The van der Waals surface area contributed by atoms with E-state index in [0.29, 0.717) is 0 Å². The van der Waals surface area contributed by atoms with Gasteiger partial charge in [-0.05, 0) is 64.9 Å². The van der Waals surface area contributed by atoms with Crippen molar-refractivity contribution in [2.45, 2.75) is 26.7 Å². The third kappa shape index (κ3) is 1.57. The number of benzene rings is 3. The van der Waals surface area contributed by atoms with Gasteiger partial charge in [-0.1, -0.05) is 47.5 Å². The van der Waals surface area contributed by atoms with Crippen LogP contribution in [-0.4, -0.2) is 17.8 Å². The van der Waals surface area contributed by atoms with Crippen LogP contribution in [0.5, 0.6) is 0 Å².